The summed E-state index contributed by atoms with van der Waals surface area (Å²) < 4.78 is 7.11. The molecule has 0 spiro atoms. The molecule has 0 aliphatic heterocycles. The van der Waals surface area contributed by atoms with E-state index in [-0.39, 0.29) is 11.6 Å². The lowest BCUT2D eigenvalue weighted by Gasteiger charge is -2.39. The summed E-state index contributed by atoms with van der Waals surface area (Å²) in [6.45, 7) is 0. The van der Waals surface area contributed by atoms with Crippen molar-refractivity contribution in [3.63, 3.8) is 0 Å². The van der Waals surface area contributed by atoms with Crippen molar-refractivity contribution in [2.75, 3.05) is 7.11 Å². The third kappa shape index (κ3) is 3.61. The molecule has 112 valence electrons. The van der Waals surface area contributed by atoms with Crippen molar-refractivity contribution in [1.29, 1.82) is 0 Å². The van der Waals surface area contributed by atoms with Crippen molar-refractivity contribution >= 4 is 15.9 Å². The Bertz CT molecular complexity index is 417. The average molecular weight is 341 g/mol. The van der Waals surface area contributed by atoms with E-state index in [1.54, 1.807) is 0 Å². The van der Waals surface area contributed by atoms with Crippen LogP contribution in [0.3, 0.4) is 0 Å². The maximum Gasteiger partial charge on any atom is 0.0847 e. The first kappa shape index (κ1) is 16.0. The highest BCUT2D eigenvalue weighted by Crippen LogP contribution is 2.34. The molecule has 0 radical (unpaired) electrons. The molecule has 3 nitrogen and oxygen atoms in total. The topological polar surface area (TPSA) is 47.3 Å². The number of nitrogens with two attached hydrogens (primary N) is 1. The molecule has 1 aromatic carbocycles. The van der Waals surface area contributed by atoms with Crippen LogP contribution in [0.4, 0.5) is 0 Å². The normalized spacial score (nSPS) is 20.4. The van der Waals surface area contributed by atoms with E-state index >= 15 is 0 Å². The lowest BCUT2D eigenvalue weighted by Crippen LogP contribution is -2.55. The van der Waals surface area contributed by atoms with Crippen molar-refractivity contribution in [2.24, 2.45) is 5.84 Å². The lowest BCUT2D eigenvalue weighted by atomic mass is 9.83. The maximum absolute atomic E-state index is 5.97. The first-order chi connectivity index (χ1) is 9.72. The molecule has 0 amide bonds. The largest absolute Gasteiger partial charge is 0.377 e. The third-order valence-electron chi connectivity index (χ3n) is 4.57. The van der Waals surface area contributed by atoms with Crippen molar-refractivity contribution in [2.45, 2.75) is 56.6 Å². The predicted molar refractivity (Wildman–Crippen MR) is 86.4 cm³/mol. The van der Waals surface area contributed by atoms with Gasteiger partial charge in [-0.1, -0.05) is 59.8 Å². The highest BCUT2D eigenvalue weighted by Gasteiger charge is 2.38. The summed E-state index contributed by atoms with van der Waals surface area (Å²) in [7, 11) is 1.83. The molecule has 1 unspecified atom stereocenters. The van der Waals surface area contributed by atoms with Gasteiger partial charge in [-0.3, -0.25) is 11.3 Å². The number of benzene rings is 1. The Morgan fingerprint density at radius 3 is 2.45 bits per heavy atom. The Hall–Kier alpha value is -0.420. The molecule has 1 atom stereocenters. The van der Waals surface area contributed by atoms with Gasteiger partial charge in [0.15, 0.2) is 0 Å². The van der Waals surface area contributed by atoms with Crippen LogP contribution in [0.1, 0.15) is 44.1 Å². The van der Waals surface area contributed by atoms with Gasteiger partial charge in [0.2, 0.25) is 0 Å². The monoisotopic (exact) mass is 340 g/mol. The van der Waals surface area contributed by atoms with Crippen LogP contribution in [0.25, 0.3) is 0 Å². The van der Waals surface area contributed by atoms with Crippen LogP contribution in [-0.2, 0) is 11.2 Å². The Kier molecular flexibility index (Phi) is 6.02. The quantitative estimate of drug-likeness (QED) is 0.489. The van der Waals surface area contributed by atoms with Gasteiger partial charge in [-0.2, -0.15) is 0 Å². The van der Waals surface area contributed by atoms with Gasteiger partial charge in [0.05, 0.1) is 11.6 Å². The molecule has 0 saturated heterocycles. The number of methoxy groups -OCH3 is 1. The van der Waals surface area contributed by atoms with Gasteiger partial charge < -0.3 is 4.74 Å². The highest BCUT2D eigenvalue weighted by molar-refractivity contribution is 9.10. The summed E-state index contributed by atoms with van der Waals surface area (Å²) >= 11 is 3.62. The standard InChI is InChI=1S/C16H25BrN2O/c1-20-16(10-6-2-3-7-11-16)15(19-18)12-13-8-4-5-9-14(13)17/h4-5,8-9,15,19H,2-3,6-7,10-12,18H2,1H3. The Balaban J connectivity index is 2.18. The van der Waals surface area contributed by atoms with Gasteiger partial charge in [-0.05, 0) is 30.9 Å². The van der Waals surface area contributed by atoms with Crippen LogP contribution >= 0.6 is 15.9 Å². The first-order valence-electron chi connectivity index (χ1n) is 7.46. The summed E-state index contributed by atoms with van der Waals surface area (Å²) in [6.07, 6.45) is 8.11. The molecular weight excluding hydrogens is 316 g/mol. The number of hydrazine groups is 1. The van der Waals surface area contributed by atoms with Crippen molar-refractivity contribution in [3.8, 4) is 0 Å². The zero-order valence-corrected chi connectivity index (χ0v) is 13.8. The zero-order chi connectivity index (χ0) is 14.4. The van der Waals surface area contributed by atoms with E-state index in [0.717, 1.165) is 23.7 Å². The molecular formula is C16H25BrN2O. The minimum atomic E-state index is -0.138. The molecule has 0 aromatic heterocycles. The molecule has 2 rings (SSSR count). The minimum absolute atomic E-state index is 0.138. The van der Waals surface area contributed by atoms with E-state index in [2.05, 4.69) is 39.6 Å². The Morgan fingerprint density at radius 2 is 1.90 bits per heavy atom. The fourth-order valence-corrected chi connectivity index (χ4v) is 3.75. The second-order valence-electron chi connectivity index (χ2n) is 5.70. The van der Waals surface area contributed by atoms with Crippen LogP contribution in [0.2, 0.25) is 0 Å². The van der Waals surface area contributed by atoms with Crippen LogP contribution in [0.15, 0.2) is 28.7 Å². The number of ether oxygens (including phenoxy) is 1. The summed E-state index contributed by atoms with van der Waals surface area (Å²) in [5, 5.41) is 0. The molecule has 0 bridgehead atoms. The second kappa shape index (κ2) is 7.55. The van der Waals surface area contributed by atoms with Gasteiger partial charge in [-0.15, -0.1) is 0 Å². The first-order valence-corrected chi connectivity index (χ1v) is 8.26. The van der Waals surface area contributed by atoms with Crippen molar-refractivity contribution < 1.29 is 4.74 Å². The predicted octanol–water partition coefficient (Wildman–Crippen LogP) is 3.56. The van der Waals surface area contributed by atoms with Crippen LogP contribution < -0.4 is 11.3 Å². The summed E-state index contributed by atoms with van der Waals surface area (Å²) in [4.78, 5) is 0. The minimum Gasteiger partial charge on any atom is -0.377 e. The van der Waals surface area contributed by atoms with E-state index in [1.165, 1.54) is 31.2 Å². The smallest absolute Gasteiger partial charge is 0.0847 e. The number of rotatable bonds is 5. The molecule has 4 heteroatoms. The maximum atomic E-state index is 5.97. The Morgan fingerprint density at radius 1 is 1.25 bits per heavy atom. The summed E-state index contributed by atoms with van der Waals surface area (Å²) in [6, 6.07) is 8.48. The average Bonchev–Trinajstić information content (AvgIpc) is 2.73. The van der Waals surface area contributed by atoms with Gasteiger partial charge in [0, 0.05) is 11.6 Å². The summed E-state index contributed by atoms with van der Waals surface area (Å²) in [5.41, 5.74) is 4.16. The van der Waals surface area contributed by atoms with E-state index in [4.69, 9.17) is 10.6 Å². The SMILES string of the molecule is COC1(C(Cc2ccccc2Br)NN)CCCCCC1. The molecule has 1 fully saturated rings. The Labute approximate surface area is 130 Å². The third-order valence-corrected chi connectivity index (χ3v) is 5.35. The fourth-order valence-electron chi connectivity index (χ4n) is 3.30. The van der Waals surface area contributed by atoms with Gasteiger partial charge in [0.1, 0.15) is 0 Å². The van der Waals surface area contributed by atoms with E-state index in [0.29, 0.717) is 0 Å². The molecule has 1 aromatic rings. The zero-order valence-electron chi connectivity index (χ0n) is 12.2. The van der Waals surface area contributed by atoms with E-state index in [9.17, 15) is 0 Å². The van der Waals surface area contributed by atoms with Crippen LogP contribution in [0, 0.1) is 0 Å². The molecule has 1 aliphatic carbocycles. The number of hydrogen-bond donors (Lipinski definition) is 2. The molecule has 1 saturated carbocycles. The highest BCUT2D eigenvalue weighted by atomic mass is 79.9. The van der Waals surface area contributed by atoms with Crippen LogP contribution in [-0.4, -0.2) is 18.8 Å². The second-order valence-corrected chi connectivity index (χ2v) is 6.55. The molecule has 3 N–H and O–H groups in total. The lowest BCUT2D eigenvalue weighted by molar-refractivity contribution is -0.0527. The van der Waals surface area contributed by atoms with Gasteiger partial charge >= 0.3 is 0 Å². The van der Waals surface area contributed by atoms with E-state index < -0.39 is 0 Å². The molecule has 1 aliphatic rings. The number of hydrogen-bond acceptors (Lipinski definition) is 3. The molecule has 0 heterocycles. The van der Waals surface area contributed by atoms with Crippen LogP contribution in [0.5, 0.6) is 0 Å². The molecule has 20 heavy (non-hydrogen) atoms. The summed E-state index contributed by atoms with van der Waals surface area (Å²) in [5.74, 6) is 5.87. The van der Waals surface area contributed by atoms with Crippen molar-refractivity contribution in [3.05, 3.63) is 34.3 Å². The van der Waals surface area contributed by atoms with Gasteiger partial charge in [0.25, 0.3) is 0 Å². The fraction of sp³-hybridized carbons (Fsp3) is 0.625. The van der Waals surface area contributed by atoms with Gasteiger partial charge in [-0.25, -0.2) is 0 Å². The van der Waals surface area contributed by atoms with Crippen molar-refractivity contribution in [1.82, 2.24) is 5.43 Å². The number of halogens is 1. The number of nitrogens with one attached hydrogen (secondary N) is 1. The van der Waals surface area contributed by atoms with E-state index in [1.807, 2.05) is 13.2 Å².